The second-order valence-corrected chi connectivity index (χ2v) is 4.10. The highest BCUT2D eigenvalue weighted by molar-refractivity contribution is 5.75. The molecule has 1 amide bonds. The van der Waals surface area contributed by atoms with Gasteiger partial charge < -0.3 is 10.6 Å². The van der Waals surface area contributed by atoms with E-state index in [0.29, 0.717) is 6.42 Å². The van der Waals surface area contributed by atoms with E-state index in [1.165, 1.54) is 6.42 Å². The van der Waals surface area contributed by atoms with Crippen LogP contribution in [0.3, 0.4) is 0 Å². The van der Waals surface area contributed by atoms with Crippen molar-refractivity contribution in [3.05, 3.63) is 0 Å². The Bertz CT molecular complexity index is 165. The van der Waals surface area contributed by atoms with Crippen LogP contribution in [-0.2, 0) is 4.79 Å². The van der Waals surface area contributed by atoms with Crippen molar-refractivity contribution in [2.24, 2.45) is 5.92 Å². The zero-order valence-electron chi connectivity index (χ0n) is 9.14. The van der Waals surface area contributed by atoms with Crippen LogP contribution in [0.5, 0.6) is 0 Å². The zero-order valence-corrected chi connectivity index (χ0v) is 9.14. The predicted octanol–water partition coefficient (Wildman–Crippen LogP) is 1.29. The minimum atomic E-state index is 0.220. The Balaban J connectivity index is 1.94. The number of rotatable bonds is 6. The van der Waals surface area contributed by atoms with Crippen molar-refractivity contribution >= 4 is 5.91 Å². The summed E-state index contributed by atoms with van der Waals surface area (Å²) in [5.74, 6) is 0.999. The van der Waals surface area contributed by atoms with Gasteiger partial charge in [-0.1, -0.05) is 13.3 Å². The Labute approximate surface area is 86.6 Å². The molecule has 2 N–H and O–H groups in total. The molecule has 1 aliphatic rings. The molecule has 0 aliphatic carbocycles. The van der Waals surface area contributed by atoms with E-state index >= 15 is 0 Å². The van der Waals surface area contributed by atoms with Gasteiger partial charge in [0, 0.05) is 13.0 Å². The first-order valence-corrected chi connectivity index (χ1v) is 5.80. The molecule has 1 atom stereocenters. The largest absolute Gasteiger partial charge is 0.356 e. The van der Waals surface area contributed by atoms with Crippen LogP contribution in [0, 0.1) is 5.92 Å². The number of hydrogen-bond donors (Lipinski definition) is 2. The molecule has 3 heteroatoms. The van der Waals surface area contributed by atoms with Crippen molar-refractivity contribution in [2.75, 3.05) is 19.6 Å². The summed E-state index contributed by atoms with van der Waals surface area (Å²) in [6.45, 7) is 5.24. The van der Waals surface area contributed by atoms with Crippen LogP contribution in [-0.4, -0.2) is 25.5 Å². The van der Waals surface area contributed by atoms with Gasteiger partial charge in [-0.2, -0.15) is 0 Å². The molecule has 14 heavy (non-hydrogen) atoms. The molecule has 1 fully saturated rings. The first-order chi connectivity index (χ1) is 6.83. The summed E-state index contributed by atoms with van der Waals surface area (Å²) in [5.41, 5.74) is 0. The van der Waals surface area contributed by atoms with Gasteiger partial charge in [0.2, 0.25) is 5.91 Å². The van der Waals surface area contributed by atoms with E-state index in [0.717, 1.165) is 44.8 Å². The second kappa shape index (κ2) is 6.82. The lowest BCUT2D eigenvalue weighted by molar-refractivity contribution is -0.121. The van der Waals surface area contributed by atoms with E-state index in [9.17, 15) is 4.79 Å². The van der Waals surface area contributed by atoms with E-state index in [1.807, 2.05) is 0 Å². The summed E-state index contributed by atoms with van der Waals surface area (Å²) < 4.78 is 0. The Morgan fingerprint density at radius 2 is 2.43 bits per heavy atom. The third-order valence-corrected chi connectivity index (χ3v) is 2.79. The molecule has 1 heterocycles. The number of carbonyl (C=O) groups is 1. The molecular formula is C11H22N2O. The van der Waals surface area contributed by atoms with E-state index in [2.05, 4.69) is 17.6 Å². The van der Waals surface area contributed by atoms with Crippen LogP contribution >= 0.6 is 0 Å². The average Bonchev–Trinajstić information content (AvgIpc) is 2.67. The predicted molar refractivity (Wildman–Crippen MR) is 58.1 cm³/mol. The van der Waals surface area contributed by atoms with Crippen LogP contribution in [0.15, 0.2) is 0 Å². The van der Waals surface area contributed by atoms with Crippen molar-refractivity contribution in [1.82, 2.24) is 10.6 Å². The maximum atomic E-state index is 11.2. The van der Waals surface area contributed by atoms with Crippen LogP contribution in [0.1, 0.15) is 39.0 Å². The molecule has 0 saturated carbocycles. The lowest BCUT2D eigenvalue weighted by atomic mass is 10.1. The van der Waals surface area contributed by atoms with Gasteiger partial charge in [-0.05, 0) is 38.3 Å². The fourth-order valence-electron chi connectivity index (χ4n) is 1.80. The van der Waals surface area contributed by atoms with Gasteiger partial charge in [0.15, 0.2) is 0 Å². The molecule has 1 unspecified atom stereocenters. The Morgan fingerprint density at radius 1 is 1.57 bits per heavy atom. The lowest BCUT2D eigenvalue weighted by Gasteiger charge is -2.08. The van der Waals surface area contributed by atoms with Gasteiger partial charge in [0.25, 0.3) is 0 Å². The number of nitrogens with one attached hydrogen (secondary N) is 2. The quantitative estimate of drug-likeness (QED) is 0.675. The highest BCUT2D eigenvalue weighted by atomic mass is 16.1. The fourth-order valence-corrected chi connectivity index (χ4v) is 1.80. The highest BCUT2D eigenvalue weighted by Crippen LogP contribution is 2.10. The van der Waals surface area contributed by atoms with E-state index < -0.39 is 0 Å². The summed E-state index contributed by atoms with van der Waals surface area (Å²) in [4.78, 5) is 11.2. The van der Waals surface area contributed by atoms with Crippen LogP contribution < -0.4 is 10.6 Å². The van der Waals surface area contributed by atoms with E-state index in [-0.39, 0.29) is 5.91 Å². The van der Waals surface area contributed by atoms with Gasteiger partial charge in [0.05, 0.1) is 0 Å². The topological polar surface area (TPSA) is 41.1 Å². The smallest absolute Gasteiger partial charge is 0.219 e. The van der Waals surface area contributed by atoms with Crippen molar-refractivity contribution in [3.63, 3.8) is 0 Å². The molecule has 1 saturated heterocycles. The minimum absolute atomic E-state index is 0.220. The Morgan fingerprint density at radius 3 is 3.07 bits per heavy atom. The molecule has 0 aromatic heterocycles. The molecule has 0 spiro atoms. The maximum absolute atomic E-state index is 11.2. The molecule has 0 radical (unpaired) electrons. The number of unbranched alkanes of at least 4 members (excludes halogenated alkanes) is 1. The van der Waals surface area contributed by atoms with Crippen molar-refractivity contribution in [1.29, 1.82) is 0 Å². The summed E-state index contributed by atoms with van der Waals surface area (Å²) in [5, 5.41) is 6.31. The maximum Gasteiger partial charge on any atom is 0.219 e. The van der Waals surface area contributed by atoms with Crippen molar-refractivity contribution in [3.8, 4) is 0 Å². The van der Waals surface area contributed by atoms with Crippen LogP contribution in [0.25, 0.3) is 0 Å². The van der Waals surface area contributed by atoms with E-state index in [4.69, 9.17) is 0 Å². The van der Waals surface area contributed by atoms with Crippen molar-refractivity contribution in [2.45, 2.75) is 39.0 Å². The number of hydrogen-bond acceptors (Lipinski definition) is 2. The van der Waals surface area contributed by atoms with Gasteiger partial charge in [0.1, 0.15) is 0 Å². The number of carbonyl (C=O) groups excluding carboxylic acids is 1. The Kier molecular flexibility index (Phi) is 5.60. The second-order valence-electron chi connectivity index (χ2n) is 4.10. The third kappa shape index (κ3) is 4.61. The zero-order chi connectivity index (χ0) is 10.2. The summed E-state index contributed by atoms with van der Waals surface area (Å²) in [7, 11) is 0. The first-order valence-electron chi connectivity index (χ1n) is 5.80. The molecule has 1 aliphatic heterocycles. The first kappa shape index (κ1) is 11.5. The summed E-state index contributed by atoms with van der Waals surface area (Å²) in [6, 6.07) is 0. The van der Waals surface area contributed by atoms with Gasteiger partial charge >= 0.3 is 0 Å². The van der Waals surface area contributed by atoms with Gasteiger partial charge in [-0.15, -0.1) is 0 Å². The average molecular weight is 198 g/mol. The monoisotopic (exact) mass is 198 g/mol. The molecule has 0 aromatic rings. The minimum Gasteiger partial charge on any atom is -0.356 e. The molecule has 0 bridgehead atoms. The lowest BCUT2D eigenvalue weighted by Crippen LogP contribution is -2.26. The summed E-state index contributed by atoms with van der Waals surface area (Å²) in [6.07, 6.45) is 5.20. The molecule has 1 rings (SSSR count). The van der Waals surface area contributed by atoms with Crippen LogP contribution in [0.4, 0.5) is 0 Å². The third-order valence-electron chi connectivity index (χ3n) is 2.79. The highest BCUT2D eigenvalue weighted by Gasteiger charge is 2.13. The van der Waals surface area contributed by atoms with Gasteiger partial charge in [-0.3, -0.25) is 4.79 Å². The fraction of sp³-hybridized carbons (Fsp3) is 0.909. The molecule has 3 nitrogen and oxygen atoms in total. The van der Waals surface area contributed by atoms with Crippen molar-refractivity contribution < 1.29 is 4.79 Å². The Hall–Kier alpha value is -0.570. The van der Waals surface area contributed by atoms with Gasteiger partial charge in [-0.25, -0.2) is 0 Å². The number of amides is 1. The SMILES string of the molecule is CCCCC(=O)NCCC1CCNC1. The normalized spacial score (nSPS) is 21.1. The summed E-state index contributed by atoms with van der Waals surface area (Å²) >= 11 is 0. The standard InChI is InChI=1S/C11H22N2O/c1-2-3-4-11(14)13-8-6-10-5-7-12-9-10/h10,12H,2-9H2,1H3,(H,13,14). The molecular weight excluding hydrogens is 176 g/mol. The molecule has 82 valence electrons. The van der Waals surface area contributed by atoms with Crippen LogP contribution in [0.2, 0.25) is 0 Å². The van der Waals surface area contributed by atoms with E-state index in [1.54, 1.807) is 0 Å². The molecule has 0 aromatic carbocycles.